The van der Waals surface area contributed by atoms with Crippen LogP contribution in [0.1, 0.15) is 64.2 Å². The third kappa shape index (κ3) is 3.81. The van der Waals surface area contributed by atoms with Crippen molar-refractivity contribution in [3.05, 3.63) is 107 Å². The Bertz CT molecular complexity index is 1090. The number of carbonyl (C=O) groups is 2. The van der Waals surface area contributed by atoms with Crippen LogP contribution < -0.4 is 10.6 Å². The molecule has 3 aliphatic carbocycles. The van der Waals surface area contributed by atoms with Gasteiger partial charge in [-0.2, -0.15) is 0 Å². The van der Waals surface area contributed by atoms with Crippen LogP contribution in [0.2, 0.25) is 0 Å². The highest BCUT2D eigenvalue weighted by atomic mass is 16.2. The summed E-state index contributed by atoms with van der Waals surface area (Å²) in [6.45, 7) is 2.53. The van der Waals surface area contributed by atoms with Crippen LogP contribution in [0.15, 0.2) is 78.9 Å². The first-order valence-electron chi connectivity index (χ1n) is 11.4. The molecule has 2 bridgehead atoms. The first-order chi connectivity index (χ1) is 15.6. The van der Waals surface area contributed by atoms with Crippen LogP contribution in [0.25, 0.3) is 0 Å². The lowest BCUT2D eigenvalue weighted by molar-refractivity contribution is -0.121. The van der Waals surface area contributed by atoms with Crippen molar-refractivity contribution in [3.8, 4) is 0 Å². The molecule has 0 aromatic heterocycles. The molecule has 2 atom stereocenters. The van der Waals surface area contributed by atoms with Gasteiger partial charge in [0.2, 0.25) is 5.91 Å². The smallest absolute Gasteiger partial charge is 0.251 e. The normalized spacial score (nSPS) is 21.2. The molecular weight excluding hydrogens is 396 g/mol. The standard InChI is InChI=1S/C28H28N2O2/c1-18(30-28(32)19-9-3-2-4-10-19)15-26(31)29-17-20-16-25-21-11-5-7-13-23(21)27(20)24-14-8-6-12-22(24)25/h2-14,18,20,25,27H,15-17H2,1H3,(H,29,31)(H,30,32)/t18-,20-,25?,27?/m1/s1. The van der Waals surface area contributed by atoms with Gasteiger partial charge >= 0.3 is 0 Å². The Morgan fingerprint density at radius 3 is 2.03 bits per heavy atom. The lowest BCUT2D eigenvalue weighted by Gasteiger charge is -2.45. The molecule has 3 aromatic carbocycles. The minimum absolute atomic E-state index is 0.0196. The predicted octanol–water partition coefficient (Wildman–Crippen LogP) is 4.61. The van der Waals surface area contributed by atoms with E-state index in [0.717, 1.165) is 6.42 Å². The summed E-state index contributed by atoms with van der Waals surface area (Å²) in [5, 5.41) is 6.07. The fraction of sp³-hybridized carbons (Fsp3) is 0.286. The maximum atomic E-state index is 12.6. The highest BCUT2D eigenvalue weighted by Crippen LogP contribution is 2.55. The molecule has 4 heteroatoms. The van der Waals surface area contributed by atoms with Gasteiger partial charge in [-0.25, -0.2) is 0 Å². The summed E-state index contributed by atoms with van der Waals surface area (Å²) in [6, 6.07) is 26.4. The third-order valence-corrected chi connectivity index (χ3v) is 6.89. The van der Waals surface area contributed by atoms with E-state index in [2.05, 4.69) is 59.2 Å². The van der Waals surface area contributed by atoms with E-state index in [1.165, 1.54) is 22.3 Å². The molecule has 2 amide bonds. The van der Waals surface area contributed by atoms with Crippen LogP contribution >= 0.6 is 0 Å². The van der Waals surface area contributed by atoms with Gasteiger partial charge in [0.05, 0.1) is 0 Å². The molecule has 0 radical (unpaired) electrons. The van der Waals surface area contributed by atoms with E-state index in [-0.39, 0.29) is 24.3 Å². The molecule has 0 fully saturated rings. The van der Waals surface area contributed by atoms with E-state index in [9.17, 15) is 9.59 Å². The maximum absolute atomic E-state index is 12.6. The number of benzene rings is 3. The molecule has 2 N–H and O–H groups in total. The molecule has 0 spiro atoms. The number of hydrogen-bond acceptors (Lipinski definition) is 2. The Hall–Kier alpha value is -3.40. The SMILES string of the molecule is C[C@H](CC(=O)NC[C@H]1CC2c3ccccc3C1c1ccccc12)NC(=O)c1ccccc1. The largest absolute Gasteiger partial charge is 0.356 e. The van der Waals surface area contributed by atoms with Crippen LogP contribution in [0, 0.1) is 5.92 Å². The van der Waals surface area contributed by atoms with Crippen molar-refractivity contribution in [1.29, 1.82) is 0 Å². The summed E-state index contributed by atoms with van der Waals surface area (Å²) < 4.78 is 0. The first-order valence-corrected chi connectivity index (χ1v) is 11.4. The molecule has 4 nitrogen and oxygen atoms in total. The van der Waals surface area contributed by atoms with Crippen molar-refractivity contribution >= 4 is 11.8 Å². The van der Waals surface area contributed by atoms with Crippen molar-refractivity contribution in [1.82, 2.24) is 10.6 Å². The van der Waals surface area contributed by atoms with Crippen LogP contribution in [0.5, 0.6) is 0 Å². The van der Waals surface area contributed by atoms with Crippen molar-refractivity contribution in [2.75, 3.05) is 6.54 Å². The second-order valence-corrected chi connectivity index (χ2v) is 9.03. The molecule has 3 aromatic rings. The predicted molar refractivity (Wildman–Crippen MR) is 126 cm³/mol. The summed E-state index contributed by atoms with van der Waals surface area (Å²) in [7, 11) is 0. The van der Waals surface area contributed by atoms with Crippen LogP contribution in [0.3, 0.4) is 0 Å². The van der Waals surface area contributed by atoms with Crippen molar-refractivity contribution in [2.24, 2.45) is 5.92 Å². The van der Waals surface area contributed by atoms with Crippen LogP contribution in [-0.2, 0) is 4.79 Å². The molecule has 0 aliphatic heterocycles. The number of rotatable bonds is 6. The quantitative estimate of drug-likeness (QED) is 0.607. The number of carbonyl (C=O) groups excluding carboxylic acids is 2. The fourth-order valence-corrected chi connectivity index (χ4v) is 5.50. The Balaban J connectivity index is 1.22. The van der Waals surface area contributed by atoms with Gasteiger partial charge in [-0.05, 0) is 53.6 Å². The number of nitrogens with one attached hydrogen (secondary N) is 2. The van der Waals surface area contributed by atoms with Crippen molar-refractivity contribution in [2.45, 2.75) is 37.6 Å². The second kappa shape index (κ2) is 8.62. The van der Waals surface area contributed by atoms with E-state index in [1.54, 1.807) is 12.1 Å². The summed E-state index contributed by atoms with van der Waals surface area (Å²) in [5.74, 6) is 0.932. The molecule has 162 valence electrons. The number of fused-ring (bicyclic) bond motifs is 1. The molecule has 32 heavy (non-hydrogen) atoms. The highest BCUT2D eigenvalue weighted by molar-refractivity contribution is 5.94. The molecule has 0 saturated carbocycles. The van der Waals surface area contributed by atoms with Gasteiger partial charge < -0.3 is 10.6 Å². The molecule has 0 unspecified atom stereocenters. The average molecular weight is 425 g/mol. The number of amides is 2. The lowest BCUT2D eigenvalue weighted by Crippen LogP contribution is -2.41. The maximum Gasteiger partial charge on any atom is 0.251 e. The monoisotopic (exact) mass is 424 g/mol. The zero-order valence-corrected chi connectivity index (χ0v) is 18.3. The van der Waals surface area contributed by atoms with E-state index in [0.29, 0.717) is 29.9 Å². The first kappa shape index (κ1) is 20.5. The van der Waals surface area contributed by atoms with Crippen LogP contribution in [-0.4, -0.2) is 24.4 Å². The van der Waals surface area contributed by atoms with E-state index >= 15 is 0 Å². The highest BCUT2D eigenvalue weighted by Gasteiger charge is 2.42. The van der Waals surface area contributed by atoms with Crippen LogP contribution in [0.4, 0.5) is 0 Å². The molecule has 6 rings (SSSR count). The third-order valence-electron chi connectivity index (χ3n) is 6.89. The van der Waals surface area contributed by atoms with Gasteiger partial charge in [0.25, 0.3) is 5.91 Å². The molecule has 0 heterocycles. The minimum Gasteiger partial charge on any atom is -0.356 e. The van der Waals surface area contributed by atoms with Gasteiger partial charge in [0, 0.05) is 36.4 Å². The van der Waals surface area contributed by atoms with Gasteiger partial charge in [0.1, 0.15) is 0 Å². The zero-order valence-electron chi connectivity index (χ0n) is 18.3. The van der Waals surface area contributed by atoms with Gasteiger partial charge in [0.15, 0.2) is 0 Å². The summed E-state index contributed by atoms with van der Waals surface area (Å²) in [4.78, 5) is 25.0. The van der Waals surface area contributed by atoms with Gasteiger partial charge in [-0.3, -0.25) is 9.59 Å². The fourth-order valence-electron chi connectivity index (χ4n) is 5.50. The average Bonchev–Trinajstić information content (AvgIpc) is 2.83. The Kier molecular flexibility index (Phi) is 5.52. The second-order valence-electron chi connectivity index (χ2n) is 9.03. The molecule has 3 aliphatic rings. The summed E-state index contributed by atoms with van der Waals surface area (Å²) in [5.41, 5.74) is 6.30. The topological polar surface area (TPSA) is 58.2 Å². The zero-order chi connectivity index (χ0) is 22.1. The molecular formula is C28H28N2O2. The Labute approximate surface area is 189 Å². The van der Waals surface area contributed by atoms with Crippen molar-refractivity contribution < 1.29 is 9.59 Å². The van der Waals surface area contributed by atoms with E-state index < -0.39 is 0 Å². The molecule has 0 saturated heterocycles. The summed E-state index contributed by atoms with van der Waals surface area (Å²) >= 11 is 0. The minimum atomic E-state index is -0.230. The van der Waals surface area contributed by atoms with Gasteiger partial charge in [-0.15, -0.1) is 0 Å². The Morgan fingerprint density at radius 1 is 0.844 bits per heavy atom. The van der Waals surface area contributed by atoms with Gasteiger partial charge in [-0.1, -0.05) is 66.7 Å². The lowest BCUT2D eigenvalue weighted by atomic mass is 9.59. The Morgan fingerprint density at radius 2 is 1.41 bits per heavy atom. The van der Waals surface area contributed by atoms with E-state index in [4.69, 9.17) is 0 Å². The summed E-state index contributed by atoms with van der Waals surface area (Å²) in [6.07, 6.45) is 1.33. The number of hydrogen-bond donors (Lipinski definition) is 2. The van der Waals surface area contributed by atoms with E-state index in [1.807, 2.05) is 25.1 Å². The van der Waals surface area contributed by atoms with Crippen molar-refractivity contribution in [3.63, 3.8) is 0 Å².